The highest BCUT2D eigenvalue weighted by atomic mass is 16.1. The number of nitrogens with one attached hydrogen (secondary N) is 2. The molecule has 2 N–H and O–H groups in total. The number of pyridine rings is 2. The van der Waals surface area contributed by atoms with Crippen molar-refractivity contribution in [1.82, 2.24) is 19.3 Å². The van der Waals surface area contributed by atoms with Crippen LogP contribution in [0.25, 0.3) is 16.7 Å². The monoisotopic (exact) mass is 407 g/mol. The number of aromatic nitrogens is 3. The number of nitrogens with zero attached hydrogens (tertiary/aromatic N) is 3. The first-order valence-electron chi connectivity index (χ1n) is 10.9. The number of hydrogen-bond donors (Lipinski definition) is 2. The van der Waals surface area contributed by atoms with Crippen molar-refractivity contribution in [1.29, 1.82) is 5.41 Å². The molecule has 3 aromatic heterocycles. The molecule has 0 aliphatic heterocycles. The molecule has 1 aliphatic rings. The maximum Gasteiger partial charge on any atom is 0.267 e. The second kappa shape index (κ2) is 8.42. The lowest BCUT2D eigenvalue weighted by Gasteiger charge is -2.20. The fourth-order valence-electron chi connectivity index (χ4n) is 4.42. The number of amides is 1. The first-order chi connectivity index (χ1) is 14.5. The summed E-state index contributed by atoms with van der Waals surface area (Å²) >= 11 is 0. The van der Waals surface area contributed by atoms with E-state index in [0.717, 1.165) is 50.5 Å². The molecule has 0 radical (unpaired) electrons. The summed E-state index contributed by atoms with van der Waals surface area (Å²) in [5.41, 5.74) is 2.19. The van der Waals surface area contributed by atoms with Gasteiger partial charge < -0.3 is 9.88 Å². The zero-order chi connectivity index (χ0) is 21.3. The lowest BCUT2D eigenvalue weighted by molar-refractivity contribution is 0.0950. The molecule has 1 aliphatic carbocycles. The summed E-state index contributed by atoms with van der Waals surface area (Å²) in [6.45, 7) is 4.61. The molecule has 1 amide bonds. The minimum absolute atomic E-state index is 0.0891. The van der Waals surface area contributed by atoms with E-state index in [2.05, 4.69) is 12.2 Å². The molecule has 0 spiro atoms. The van der Waals surface area contributed by atoms with Gasteiger partial charge in [-0.15, -0.1) is 0 Å². The standard InChI is InChI=1S/C23H29N5O2/c1-3-4-7-12-25-22(29)17-14-18-21(28(19(17)24)16-10-5-6-11-16)26-20-15(2)9-8-13-27(20)23(18)30/h8-9,13-14,16,24H,3-7,10-12H2,1-2H3,(H,25,29). The first-order valence-corrected chi connectivity index (χ1v) is 10.9. The molecule has 0 bridgehead atoms. The zero-order valence-corrected chi connectivity index (χ0v) is 17.7. The minimum atomic E-state index is -0.293. The molecule has 4 rings (SSSR count). The number of hydrogen-bond acceptors (Lipinski definition) is 4. The van der Waals surface area contributed by atoms with Crippen molar-refractivity contribution >= 4 is 22.6 Å². The van der Waals surface area contributed by atoms with Crippen LogP contribution in [0.15, 0.2) is 29.2 Å². The van der Waals surface area contributed by atoms with E-state index in [1.165, 1.54) is 4.40 Å². The van der Waals surface area contributed by atoms with Crippen LogP contribution in [-0.2, 0) is 0 Å². The van der Waals surface area contributed by atoms with Crippen molar-refractivity contribution in [3.05, 3.63) is 51.4 Å². The molecular formula is C23H29N5O2. The van der Waals surface area contributed by atoms with E-state index < -0.39 is 0 Å². The van der Waals surface area contributed by atoms with Gasteiger partial charge in [-0.3, -0.25) is 19.4 Å². The van der Waals surface area contributed by atoms with Gasteiger partial charge in [0.1, 0.15) is 16.8 Å². The van der Waals surface area contributed by atoms with E-state index in [9.17, 15) is 9.59 Å². The Morgan fingerprint density at radius 3 is 2.77 bits per heavy atom. The first kappa shape index (κ1) is 20.3. The molecular weight excluding hydrogens is 378 g/mol. The molecule has 1 fully saturated rings. The highest BCUT2D eigenvalue weighted by Gasteiger charge is 2.24. The van der Waals surface area contributed by atoms with Gasteiger partial charge in [0.25, 0.3) is 11.5 Å². The fourth-order valence-corrected chi connectivity index (χ4v) is 4.42. The molecule has 3 aromatic rings. The Bertz CT molecular complexity index is 1220. The lowest BCUT2D eigenvalue weighted by atomic mass is 10.1. The Labute approximate surface area is 175 Å². The van der Waals surface area contributed by atoms with E-state index in [1.54, 1.807) is 12.3 Å². The Kier molecular flexibility index (Phi) is 5.70. The van der Waals surface area contributed by atoms with Crippen LogP contribution in [0.2, 0.25) is 0 Å². The van der Waals surface area contributed by atoms with Gasteiger partial charge in [-0.25, -0.2) is 4.98 Å². The molecule has 0 aromatic carbocycles. The Morgan fingerprint density at radius 1 is 1.27 bits per heavy atom. The second-order valence-electron chi connectivity index (χ2n) is 8.22. The number of aryl methyl sites for hydroxylation is 1. The van der Waals surface area contributed by atoms with Gasteiger partial charge in [-0.05, 0) is 43.9 Å². The topological polar surface area (TPSA) is 92.2 Å². The molecule has 158 valence electrons. The van der Waals surface area contributed by atoms with Crippen LogP contribution in [0.5, 0.6) is 0 Å². The van der Waals surface area contributed by atoms with E-state index in [4.69, 9.17) is 10.4 Å². The van der Waals surface area contributed by atoms with Crippen molar-refractivity contribution in [3.63, 3.8) is 0 Å². The second-order valence-corrected chi connectivity index (χ2v) is 8.22. The predicted octanol–water partition coefficient (Wildman–Crippen LogP) is 3.47. The van der Waals surface area contributed by atoms with E-state index in [-0.39, 0.29) is 28.6 Å². The predicted molar refractivity (Wildman–Crippen MR) is 117 cm³/mol. The van der Waals surface area contributed by atoms with Gasteiger partial charge >= 0.3 is 0 Å². The largest absolute Gasteiger partial charge is 0.352 e. The molecule has 0 saturated heterocycles. The number of carbonyl (C=O) groups is 1. The van der Waals surface area contributed by atoms with Gasteiger partial charge in [0, 0.05) is 18.8 Å². The third-order valence-corrected chi connectivity index (χ3v) is 6.08. The van der Waals surface area contributed by atoms with Crippen LogP contribution in [0.3, 0.4) is 0 Å². The fraction of sp³-hybridized carbons (Fsp3) is 0.478. The van der Waals surface area contributed by atoms with Crippen molar-refractivity contribution in [2.45, 2.75) is 64.8 Å². The van der Waals surface area contributed by atoms with Crippen LogP contribution < -0.4 is 16.4 Å². The van der Waals surface area contributed by atoms with E-state index >= 15 is 0 Å². The summed E-state index contributed by atoms with van der Waals surface area (Å²) in [7, 11) is 0. The average Bonchev–Trinajstić information content (AvgIpc) is 3.26. The Balaban J connectivity index is 1.94. The van der Waals surface area contributed by atoms with Crippen LogP contribution in [0.1, 0.15) is 73.8 Å². The van der Waals surface area contributed by atoms with Gasteiger partial charge in [-0.2, -0.15) is 0 Å². The summed E-state index contributed by atoms with van der Waals surface area (Å²) in [6.07, 6.45) is 8.76. The van der Waals surface area contributed by atoms with Crippen molar-refractivity contribution in [3.8, 4) is 0 Å². The highest BCUT2D eigenvalue weighted by Crippen LogP contribution is 2.30. The van der Waals surface area contributed by atoms with Gasteiger partial charge in [0.15, 0.2) is 0 Å². The molecule has 3 heterocycles. The van der Waals surface area contributed by atoms with Gasteiger partial charge in [0.05, 0.1) is 10.9 Å². The summed E-state index contributed by atoms with van der Waals surface area (Å²) < 4.78 is 3.36. The number of rotatable bonds is 6. The van der Waals surface area contributed by atoms with Crippen LogP contribution >= 0.6 is 0 Å². The normalized spacial score (nSPS) is 14.6. The summed E-state index contributed by atoms with van der Waals surface area (Å²) in [5.74, 6) is -0.293. The number of unbranched alkanes of at least 4 members (excludes halogenated alkanes) is 2. The van der Waals surface area contributed by atoms with Gasteiger partial charge in [-0.1, -0.05) is 38.7 Å². The van der Waals surface area contributed by atoms with E-state index in [0.29, 0.717) is 23.2 Å². The maximum atomic E-state index is 13.3. The SMILES string of the molecule is CCCCCNC(=O)c1cc2c(=O)n3cccc(C)c3nc2n(C2CCCC2)c1=N. The van der Waals surface area contributed by atoms with Crippen LogP contribution in [0.4, 0.5) is 0 Å². The molecule has 1 saturated carbocycles. The minimum Gasteiger partial charge on any atom is -0.352 e. The Hall–Kier alpha value is -2.96. The van der Waals surface area contributed by atoms with Crippen molar-refractivity contribution in [2.75, 3.05) is 6.54 Å². The number of fused-ring (bicyclic) bond motifs is 2. The quantitative estimate of drug-likeness (QED) is 0.484. The third kappa shape index (κ3) is 3.53. The molecule has 7 heteroatoms. The zero-order valence-electron chi connectivity index (χ0n) is 17.7. The van der Waals surface area contributed by atoms with Crippen molar-refractivity contribution in [2.24, 2.45) is 0 Å². The summed E-state index contributed by atoms with van der Waals surface area (Å²) in [6, 6.07) is 5.39. The maximum absolute atomic E-state index is 13.3. The third-order valence-electron chi connectivity index (χ3n) is 6.08. The number of carbonyl (C=O) groups excluding carboxylic acids is 1. The molecule has 7 nitrogen and oxygen atoms in total. The van der Waals surface area contributed by atoms with Crippen LogP contribution in [0, 0.1) is 12.3 Å². The molecule has 0 unspecified atom stereocenters. The van der Waals surface area contributed by atoms with E-state index in [1.807, 2.05) is 23.6 Å². The van der Waals surface area contributed by atoms with Gasteiger partial charge in [0.2, 0.25) is 0 Å². The Morgan fingerprint density at radius 2 is 2.03 bits per heavy atom. The summed E-state index contributed by atoms with van der Waals surface area (Å²) in [5, 5.41) is 12.1. The average molecular weight is 408 g/mol. The van der Waals surface area contributed by atoms with Crippen LogP contribution in [-0.4, -0.2) is 26.4 Å². The molecule has 30 heavy (non-hydrogen) atoms. The highest BCUT2D eigenvalue weighted by molar-refractivity contribution is 5.96. The smallest absolute Gasteiger partial charge is 0.267 e. The molecule has 0 atom stereocenters. The summed E-state index contributed by atoms with van der Waals surface area (Å²) in [4.78, 5) is 31.0. The lowest BCUT2D eigenvalue weighted by Crippen LogP contribution is -2.36. The van der Waals surface area contributed by atoms with Crippen molar-refractivity contribution < 1.29 is 4.79 Å².